The molecule has 0 fully saturated rings. The van der Waals surface area contributed by atoms with Crippen molar-refractivity contribution in [3.63, 3.8) is 0 Å². The average molecular weight is 295 g/mol. The van der Waals surface area contributed by atoms with Crippen molar-refractivity contribution in [1.29, 1.82) is 0 Å². The maximum Gasteiger partial charge on any atom is 0.128 e. The fraction of sp³-hybridized carbons (Fsp3) is 0.158. The highest BCUT2D eigenvalue weighted by Gasteiger charge is 2.02. The van der Waals surface area contributed by atoms with Crippen LogP contribution >= 0.6 is 0 Å². The molecule has 0 unspecified atom stereocenters. The molecule has 3 aromatic rings. The van der Waals surface area contributed by atoms with Crippen LogP contribution in [0.1, 0.15) is 16.7 Å². The van der Waals surface area contributed by atoms with Crippen LogP contribution in [0.25, 0.3) is 10.8 Å². The van der Waals surface area contributed by atoms with E-state index in [0.717, 1.165) is 12.1 Å². The lowest BCUT2D eigenvalue weighted by Gasteiger charge is -2.08. The molecule has 0 aromatic heterocycles. The highest BCUT2D eigenvalue weighted by molar-refractivity contribution is 5.82. The van der Waals surface area contributed by atoms with E-state index in [-0.39, 0.29) is 12.4 Å². The number of aliphatic hydroxyl groups excluding tert-OH is 1. The van der Waals surface area contributed by atoms with Gasteiger partial charge in [-0.2, -0.15) is 0 Å². The summed E-state index contributed by atoms with van der Waals surface area (Å²) in [7, 11) is 0. The molecule has 2 N–H and O–H groups in total. The van der Waals surface area contributed by atoms with Gasteiger partial charge in [0.25, 0.3) is 0 Å². The van der Waals surface area contributed by atoms with Crippen LogP contribution in [0, 0.1) is 5.82 Å². The number of halogens is 1. The van der Waals surface area contributed by atoms with E-state index in [1.807, 2.05) is 12.1 Å². The summed E-state index contributed by atoms with van der Waals surface area (Å²) in [5.74, 6) is -0.360. The van der Waals surface area contributed by atoms with Gasteiger partial charge in [0.2, 0.25) is 0 Å². The Bertz CT molecular complexity index is 785. The van der Waals surface area contributed by atoms with Gasteiger partial charge in [-0.3, -0.25) is 0 Å². The summed E-state index contributed by atoms with van der Waals surface area (Å²) in [4.78, 5) is 0. The Hall–Kier alpha value is -2.23. The van der Waals surface area contributed by atoms with Gasteiger partial charge in [0, 0.05) is 18.7 Å². The van der Waals surface area contributed by atoms with E-state index in [0.29, 0.717) is 12.1 Å². The minimum atomic E-state index is -0.360. The van der Waals surface area contributed by atoms with E-state index in [9.17, 15) is 4.39 Å². The SMILES string of the molecule is OCc1cc(CNCc2ccc3ccccc3c2)ccc1F. The zero-order chi connectivity index (χ0) is 15.4. The molecule has 0 atom stereocenters. The fourth-order valence-electron chi connectivity index (χ4n) is 2.56. The lowest BCUT2D eigenvalue weighted by molar-refractivity contribution is 0.275. The third-order valence-electron chi connectivity index (χ3n) is 3.75. The number of fused-ring (bicyclic) bond motifs is 1. The topological polar surface area (TPSA) is 32.3 Å². The zero-order valence-corrected chi connectivity index (χ0v) is 12.2. The molecule has 0 radical (unpaired) electrons. The maximum absolute atomic E-state index is 13.3. The molecule has 0 aliphatic rings. The van der Waals surface area contributed by atoms with Gasteiger partial charge in [0.15, 0.2) is 0 Å². The highest BCUT2D eigenvalue weighted by atomic mass is 19.1. The van der Waals surface area contributed by atoms with Crippen LogP contribution in [0.5, 0.6) is 0 Å². The highest BCUT2D eigenvalue weighted by Crippen LogP contribution is 2.16. The predicted molar refractivity (Wildman–Crippen MR) is 86.8 cm³/mol. The van der Waals surface area contributed by atoms with Crippen molar-refractivity contribution in [2.45, 2.75) is 19.7 Å². The van der Waals surface area contributed by atoms with Gasteiger partial charge in [0.05, 0.1) is 6.61 Å². The van der Waals surface area contributed by atoms with Crippen molar-refractivity contribution in [3.05, 3.63) is 83.2 Å². The molecule has 0 amide bonds. The summed E-state index contributed by atoms with van der Waals surface area (Å²) in [6, 6.07) is 19.5. The van der Waals surface area contributed by atoms with Crippen molar-refractivity contribution in [2.75, 3.05) is 0 Å². The number of nitrogens with one attached hydrogen (secondary N) is 1. The van der Waals surface area contributed by atoms with E-state index in [1.165, 1.54) is 22.4 Å². The molecule has 112 valence electrons. The Balaban J connectivity index is 1.64. The molecule has 2 nitrogen and oxygen atoms in total. The Labute approximate surface area is 129 Å². The number of rotatable bonds is 5. The lowest BCUT2D eigenvalue weighted by atomic mass is 10.1. The molecule has 0 aliphatic heterocycles. The Morgan fingerprint density at radius 2 is 1.50 bits per heavy atom. The summed E-state index contributed by atoms with van der Waals surface area (Å²) < 4.78 is 13.3. The van der Waals surface area contributed by atoms with Gasteiger partial charge in [-0.25, -0.2) is 4.39 Å². The molecule has 0 saturated heterocycles. The van der Waals surface area contributed by atoms with Crippen molar-refractivity contribution >= 4 is 10.8 Å². The second-order valence-corrected chi connectivity index (χ2v) is 5.37. The van der Waals surface area contributed by atoms with Gasteiger partial charge in [0.1, 0.15) is 5.82 Å². The quantitative estimate of drug-likeness (QED) is 0.751. The van der Waals surface area contributed by atoms with Crippen LogP contribution in [0.15, 0.2) is 60.7 Å². The Morgan fingerprint density at radius 1 is 0.818 bits per heavy atom. The largest absolute Gasteiger partial charge is 0.392 e. The zero-order valence-electron chi connectivity index (χ0n) is 12.2. The summed E-state index contributed by atoms with van der Waals surface area (Å²) in [6.45, 7) is 1.11. The van der Waals surface area contributed by atoms with Crippen molar-refractivity contribution in [1.82, 2.24) is 5.32 Å². The van der Waals surface area contributed by atoms with Gasteiger partial charge >= 0.3 is 0 Å². The first-order chi connectivity index (χ1) is 10.8. The first-order valence-electron chi connectivity index (χ1n) is 7.33. The van der Waals surface area contributed by atoms with Gasteiger partial charge in [-0.05, 0) is 40.1 Å². The smallest absolute Gasteiger partial charge is 0.128 e. The summed E-state index contributed by atoms with van der Waals surface area (Å²) >= 11 is 0. The minimum absolute atomic E-state index is 0.273. The molecule has 3 rings (SSSR count). The van der Waals surface area contributed by atoms with Crippen molar-refractivity contribution in [3.8, 4) is 0 Å². The van der Waals surface area contributed by atoms with Crippen molar-refractivity contribution < 1.29 is 9.50 Å². The van der Waals surface area contributed by atoms with E-state index >= 15 is 0 Å². The lowest BCUT2D eigenvalue weighted by Crippen LogP contribution is -2.13. The summed E-state index contributed by atoms with van der Waals surface area (Å²) in [5, 5.41) is 14.9. The van der Waals surface area contributed by atoms with E-state index < -0.39 is 0 Å². The van der Waals surface area contributed by atoms with Gasteiger partial charge < -0.3 is 10.4 Å². The van der Waals surface area contributed by atoms with E-state index in [1.54, 1.807) is 12.1 Å². The van der Waals surface area contributed by atoms with Gasteiger partial charge in [-0.1, -0.05) is 42.5 Å². The van der Waals surface area contributed by atoms with E-state index in [4.69, 9.17) is 5.11 Å². The average Bonchev–Trinajstić information content (AvgIpc) is 2.56. The summed E-state index contributed by atoms with van der Waals surface area (Å²) in [6.07, 6.45) is 0. The monoisotopic (exact) mass is 295 g/mol. The normalized spacial score (nSPS) is 11.0. The number of aliphatic hydroxyl groups is 1. The van der Waals surface area contributed by atoms with Crippen molar-refractivity contribution in [2.24, 2.45) is 0 Å². The molecular weight excluding hydrogens is 277 g/mol. The molecule has 0 aliphatic carbocycles. The van der Waals surface area contributed by atoms with Crippen LogP contribution < -0.4 is 5.32 Å². The molecule has 0 heterocycles. The first-order valence-corrected chi connectivity index (χ1v) is 7.33. The maximum atomic E-state index is 13.3. The van der Waals surface area contributed by atoms with Crippen LogP contribution in [-0.2, 0) is 19.7 Å². The molecule has 3 aromatic carbocycles. The molecule has 3 heteroatoms. The number of benzene rings is 3. The minimum Gasteiger partial charge on any atom is -0.392 e. The fourth-order valence-corrected chi connectivity index (χ4v) is 2.56. The Morgan fingerprint density at radius 3 is 2.27 bits per heavy atom. The standard InChI is InChI=1S/C19H18FNO/c20-19-8-6-15(10-18(19)13-22)12-21-11-14-5-7-16-3-1-2-4-17(16)9-14/h1-10,21-22H,11-13H2. The van der Waals surface area contributed by atoms with Crippen LogP contribution in [0.3, 0.4) is 0 Å². The predicted octanol–water partition coefficient (Wildman–Crippen LogP) is 3.76. The van der Waals surface area contributed by atoms with Crippen LogP contribution in [0.2, 0.25) is 0 Å². The summed E-state index contributed by atoms with van der Waals surface area (Å²) in [5.41, 5.74) is 2.51. The van der Waals surface area contributed by atoms with Crippen LogP contribution in [-0.4, -0.2) is 5.11 Å². The molecule has 0 bridgehead atoms. The number of hydrogen-bond donors (Lipinski definition) is 2. The first kappa shape index (κ1) is 14.7. The molecule has 0 spiro atoms. The molecular formula is C19H18FNO. The third kappa shape index (κ3) is 3.32. The number of hydrogen-bond acceptors (Lipinski definition) is 2. The second kappa shape index (κ2) is 6.69. The third-order valence-corrected chi connectivity index (χ3v) is 3.75. The second-order valence-electron chi connectivity index (χ2n) is 5.37. The van der Waals surface area contributed by atoms with Crippen LogP contribution in [0.4, 0.5) is 4.39 Å². The van der Waals surface area contributed by atoms with E-state index in [2.05, 4.69) is 35.6 Å². The Kier molecular flexibility index (Phi) is 4.47. The van der Waals surface area contributed by atoms with Gasteiger partial charge in [-0.15, -0.1) is 0 Å². The molecule has 0 saturated carbocycles. The molecule has 22 heavy (non-hydrogen) atoms.